The van der Waals surface area contributed by atoms with E-state index in [-0.39, 0.29) is 17.5 Å². The third-order valence-electron chi connectivity index (χ3n) is 6.82. The number of hydrogen-bond donors (Lipinski definition) is 3. The highest BCUT2D eigenvalue weighted by Gasteiger charge is 2.36. The van der Waals surface area contributed by atoms with Crippen LogP contribution in [0.15, 0.2) is 72.1 Å². The van der Waals surface area contributed by atoms with Gasteiger partial charge in [0.15, 0.2) is 0 Å². The number of benzene rings is 2. The molecule has 184 valence electrons. The molecular weight excluding hydrogens is 456 g/mol. The Kier molecular flexibility index (Phi) is 8.55. The van der Waals surface area contributed by atoms with E-state index in [2.05, 4.69) is 52.2 Å². The SMILES string of the molecule is CN(Cc1ccccc1)C1(CNC(=O)Nc2cccc(C(=O)NCc3cccs3)c2)CCCCC1. The molecule has 0 unspecified atom stereocenters. The van der Waals surface area contributed by atoms with E-state index in [4.69, 9.17) is 0 Å². The highest BCUT2D eigenvalue weighted by molar-refractivity contribution is 7.09. The summed E-state index contributed by atoms with van der Waals surface area (Å²) >= 11 is 1.61. The minimum Gasteiger partial charge on any atom is -0.347 e. The summed E-state index contributed by atoms with van der Waals surface area (Å²) in [5.74, 6) is -0.161. The van der Waals surface area contributed by atoms with Crippen LogP contribution in [0, 0.1) is 0 Å². The van der Waals surface area contributed by atoms with Gasteiger partial charge in [-0.05, 0) is 55.1 Å². The van der Waals surface area contributed by atoms with E-state index in [0.717, 1.165) is 24.3 Å². The fourth-order valence-electron chi connectivity index (χ4n) is 4.77. The molecule has 0 radical (unpaired) electrons. The second-order valence-corrected chi connectivity index (χ2v) is 10.3. The van der Waals surface area contributed by atoms with Crippen LogP contribution in [0.5, 0.6) is 0 Å². The number of nitrogens with zero attached hydrogens (tertiary/aromatic N) is 1. The first-order chi connectivity index (χ1) is 17.0. The number of carbonyl (C=O) groups is 2. The van der Waals surface area contributed by atoms with E-state index in [9.17, 15) is 9.59 Å². The molecule has 3 amide bonds. The predicted molar refractivity (Wildman–Crippen MR) is 143 cm³/mol. The van der Waals surface area contributed by atoms with Crippen LogP contribution in [0.1, 0.15) is 52.9 Å². The van der Waals surface area contributed by atoms with Crippen molar-refractivity contribution in [2.24, 2.45) is 0 Å². The van der Waals surface area contributed by atoms with Crippen LogP contribution in [0.4, 0.5) is 10.5 Å². The van der Waals surface area contributed by atoms with Gasteiger partial charge in [-0.25, -0.2) is 4.79 Å². The fraction of sp³-hybridized carbons (Fsp3) is 0.357. The second-order valence-electron chi connectivity index (χ2n) is 9.28. The number of amides is 3. The smallest absolute Gasteiger partial charge is 0.319 e. The topological polar surface area (TPSA) is 73.5 Å². The summed E-state index contributed by atoms with van der Waals surface area (Å²) < 4.78 is 0. The van der Waals surface area contributed by atoms with Crippen molar-refractivity contribution in [3.05, 3.63) is 88.1 Å². The van der Waals surface area contributed by atoms with E-state index in [1.807, 2.05) is 23.6 Å². The Hall–Kier alpha value is -3.16. The molecule has 7 heteroatoms. The molecule has 35 heavy (non-hydrogen) atoms. The maximum absolute atomic E-state index is 12.8. The van der Waals surface area contributed by atoms with Crippen molar-refractivity contribution in [2.75, 3.05) is 18.9 Å². The predicted octanol–water partition coefficient (Wildman–Crippen LogP) is 5.63. The Bertz CT molecular complexity index is 1100. The monoisotopic (exact) mass is 490 g/mol. The Morgan fingerprint density at radius 1 is 0.943 bits per heavy atom. The number of thiophene rings is 1. The molecule has 0 saturated heterocycles. The molecule has 2 aromatic carbocycles. The largest absolute Gasteiger partial charge is 0.347 e. The van der Waals surface area contributed by atoms with Gasteiger partial charge >= 0.3 is 6.03 Å². The molecule has 1 saturated carbocycles. The highest BCUT2D eigenvalue weighted by atomic mass is 32.1. The van der Waals surface area contributed by atoms with Gasteiger partial charge in [0, 0.05) is 34.8 Å². The van der Waals surface area contributed by atoms with Crippen molar-refractivity contribution in [3.8, 4) is 0 Å². The fourth-order valence-corrected chi connectivity index (χ4v) is 5.41. The normalized spacial score (nSPS) is 14.9. The summed E-state index contributed by atoms with van der Waals surface area (Å²) in [7, 11) is 2.16. The van der Waals surface area contributed by atoms with Crippen LogP contribution < -0.4 is 16.0 Å². The van der Waals surface area contributed by atoms with Crippen molar-refractivity contribution >= 4 is 29.0 Å². The van der Waals surface area contributed by atoms with E-state index >= 15 is 0 Å². The van der Waals surface area contributed by atoms with E-state index < -0.39 is 0 Å². The number of likely N-dealkylation sites (N-methyl/N-ethyl adjacent to an activating group) is 1. The molecule has 0 spiro atoms. The van der Waals surface area contributed by atoms with Crippen molar-refractivity contribution in [1.82, 2.24) is 15.5 Å². The Morgan fingerprint density at radius 3 is 2.49 bits per heavy atom. The minimum absolute atomic E-state index is 0.0606. The molecule has 4 rings (SSSR count). The lowest BCUT2D eigenvalue weighted by Gasteiger charge is -2.45. The first-order valence-corrected chi connectivity index (χ1v) is 13.1. The first kappa shape index (κ1) is 24.9. The summed E-state index contributed by atoms with van der Waals surface area (Å²) in [5.41, 5.74) is 2.33. The summed E-state index contributed by atoms with van der Waals surface area (Å²) in [4.78, 5) is 28.8. The number of urea groups is 1. The average Bonchev–Trinajstić information content (AvgIpc) is 3.41. The van der Waals surface area contributed by atoms with Gasteiger partial charge in [0.05, 0.1) is 6.54 Å². The molecule has 0 atom stereocenters. The molecule has 6 nitrogen and oxygen atoms in total. The lowest BCUT2D eigenvalue weighted by molar-refractivity contribution is 0.0698. The molecule has 1 heterocycles. The number of rotatable bonds is 9. The molecule has 3 aromatic rings. The van der Waals surface area contributed by atoms with Gasteiger partial charge in [-0.1, -0.05) is 61.7 Å². The molecule has 0 bridgehead atoms. The van der Waals surface area contributed by atoms with Gasteiger partial charge < -0.3 is 16.0 Å². The Balaban J connectivity index is 1.33. The Labute approximate surface area is 211 Å². The molecule has 1 aliphatic carbocycles. The van der Waals surface area contributed by atoms with Gasteiger partial charge in [0.1, 0.15) is 0 Å². The molecule has 3 N–H and O–H groups in total. The molecule has 1 aliphatic rings. The molecule has 0 aliphatic heterocycles. The van der Waals surface area contributed by atoms with Crippen LogP contribution in [-0.4, -0.2) is 36.0 Å². The van der Waals surface area contributed by atoms with Crippen molar-refractivity contribution < 1.29 is 9.59 Å². The van der Waals surface area contributed by atoms with Gasteiger partial charge in [-0.2, -0.15) is 0 Å². The lowest BCUT2D eigenvalue weighted by Crippen LogP contribution is -2.55. The van der Waals surface area contributed by atoms with E-state index in [1.165, 1.54) is 24.8 Å². The lowest BCUT2D eigenvalue weighted by atomic mass is 9.80. The zero-order valence-electron chi connectivity index (χ0n) is 20.3. The van der Waals surface area contributed by atoms with Gasteiger partial charge in [0.25, 0.3) is 5.91 Å². The quantitative estimate of drug-likeness (QED) is 0.364. The third kappa shape index (κ3) is 6.93. The summed E-state index contributed by atoms with van der Waals surface area (Å²) in [6.07, 6.45) is 5.72. The van der Waals surface area contributed by atoms with Crippen LogP contribution in [0.2, 0.25) is 0 Å². The van der Waals surface area contributed by atoms with Crippen LogP contribution in [0.25, 0.3) is 0 Å². The summed E-state index contributed by atoms with van der Waals surface area (Å²) in [5, 5.41) is 10.9. The van der Waals surface area contributed by atoms with E-state index in [1.54, 1.807) is 35.6 Å². The number of hydrogen-bond acceptors (Lipinski definition) is 4. The molecular formula is C28H34N4O2S. The maximum atomic E-state index is 12.8. The molecule has 1 aromatic heterocycles. The zero-order chi connectivity index (χ0) is 24.5. The third-order valence-corrected chi connectivity index (χ3v) is 7.70. The Morgan fingerprint density at radius 2 is 1.74 bits per heavy atom. The number of nitrogens with one attached hydrogen (secondary N) is 3. The maximum Gasteiger partial charge on any atom is 0.319 e. The van der Waals surface area contributed by atoms with Crippen molar-refractivity contribution in [1.29, 1.82) is 0 Å². The van der Waals surface area contributed by atoms with Crippen molar-refractivity contribution in [3.63, 3.8) is 0 Å². The van der Waals surface area contributed by atoms with E-state index in [0.29, 0.717) is 24.3 Å². The van der Waals surface area contributed by atoms with Crippen LogP contribution >= 0.6 is 11.3 Å². The minimum atomic E-state index is -0.251. The summed E-state index contributed by atoms with van der Waals surface area (Å²) in [6.45, 7) is 1.93. The van der Waals surface area contributed by atoms with Gasteiger partial charge in [-0.3, -0.25) is 9.69 Å². The van der Waals surface area contributed by atoms with Crippen molar-refractivity contribution in [2.45, 2.75) is 50.7 Å². The van der Waals surface area contributed by atoms with Crippen LogP contribution in [0.3, 0.4) is 0 Å². The number of anilines is 1. The van der Waals surface area contributed by atoms with Gasteiger partial charge in [-0.15, -0.1) is 11.3 Å². The number of carbonyl (C=O) groups excluding carboxylic acids is 2. The first-order valence-electron chi connectivity index (χ1n) is 12.2. The summed E-state index contributed by atoms with van der Waals surface area (Å²) in [6, 6.07) is 21.2. The zero-order valence-corrected chi connectivity index (χ0v) is 21.1. The van der Waals surface area contributed by atoms with Gasteiger partial charge in [0.2, 0.25) is 0 Å². The second kappa shape index (κ2) is 12.0. The standard InChI is InChI=1S/C28H34N4O2S/c1-32(20-22-10-4-2-5-11-22)28(15-6-3-7-16-28)21-30-27(34)31-24-13-8-12-23(18-24)26(33)29-19-25-14-9-17-35-25/h2,4-5,8-14,17-18H,3,6-7,15-16,19-21H2,1H3,(H,29,33)(H2,30,31,34). The molecule has 1 fully saturated rings. The van der Waals surface area contributed by atoms with Crippen LogP contribution in [-0.2, 0) is 13.1 Å². The average molecular weight is 491 g/mol. The highest BCUT2D eigenvalue weighted by Crippen LogP contribution is 2.33.